The molecule has 0 amide bonds. The number of hydrogen-bond donors (Lipinski definition) is 3. The highest BCUT2D eigenvalue weighted by Crippen LogP contribution is 2.45. The number of hydrogen-bond acceptors (Lipinski definition) is 15. The number of aliphatic hydroxyl groups is 1. The van der Waals surface area contributed by atoms with Crippen LogP contribution in [0.5, 0.6) is 0 Å². The lowest BCUT2D eigenvalue weighted by molar-refractivity contribution is -0.161. The molecule has 0 bridgehead atoms. The summed E-state index contributed by atoms with van der Waals surface area (Å²) in [5.74, 6) is -0.579. The van der Waals surface area contributed by atoms with Crippen LogP contribution in [0.3, 0.4) is 0 Å². The van der Waals surface area contributed by atoms with Crippen molar-refractivity contribution in [1.29, 1.82) is 0 Å². The molecule has 3 N–H and O–H groups in total. The number of phosphoric ester groups is 2. The Morgan fingerprint density at radius 1 is 0.315 bits per heavy atom. The molecule has 0 spiro atoms. The molecule has 0 heterocycles. The van der Waals surface area contributed by atoms with E-state index in [1.54, 1.807) is 0 Å². The summed E-state index contributed by atoms with van der Waals surface area (Å²) < 4.78 is 68.4. The zero-order valence-electron chi connectivity index (χ0n) is 59.9. The van der Waals surface area contributed by atoms with Crippen LogP contribution in [0.1, 0.15) is 375 Å². The summed E-state index contributed by atoms with van der Waals surface area (Å²) in [5.41, 5.74) is 0. The molecule has 0 aliphatic heterocycles. The lowest BCUT2D eigenvalue weighted by Gasteiger charge is -2.21. The molecule has 0 aliphatic rings. The molecule has 0 aromatic rings. The third kappa shape index (κ3) is 65.4. The second-order valence-electron chi connectivity index (χ2n) is 27.1. The topological polar surface area (TPSA) is 237 Å². The van der Waals surface area contributed by atoms with E-state index in [1.807, 2.05) is 0 Å². The smallest absolute Gasteiger partial charge is 0.462 e. The fourth-order valence-electron chi connectivity index (χ4n) is 11.1. The molecule has 6 atom stereocenters. The summed E-state index contributed by atoms with van der Waals surface area (Å²) >= 11 is 0. The van der Waals surface area contributed by atoms with E-state index in [1.165, 1.54) is 186 Å². The van der Waals surface area contributed by atoms with Crippen LogP contribution < -0.4 is 0 Å². The predicted molar refractivity (Wildman–Crippen MR) is 372 cm³/mol. The summed E-state index contributed by atoms with van der Waals surface area (Å²) in [5, 5.41) is 10.6. The monoisotopic (exact) mass is 1350 g/mol. The number of rotatable bonds is 72. The number of carbonyl (C=O) groups excluding carboxylic acids is 4. The third-order valence-electron chi connectivity index (χ3n) is 17.3. The number of unbranched alkanes of at least 4 members (excludes halogenated alkanes) is 41. The van der Waals surface area contributed by atoms with Gasteiger partial charge in [-0.3, -0.25) is 37.3 Å². The van der Waals surface area contributed by atoms with Crippen LogP contribution in [0, 0.1) is 11.8 Å². The van der Waals surface area contributed by atoms with Crippen molar-refractivity contribution in [3.8, 4) is 0 Å². The average Bonchev–Trinajstić information content (AvgIpc) is 2.37. The molecule has 0 aromatic heterocycles. The van der Waals surface area contributed by atoms with Crippen LogP contribution in [-0.4, -0.2) is 96.7 Å². The molecule has 3 unspecified atom stereocenters. The molecule has 19 heteroatoms. The van der Waals surface area contributed by atoms with Crippen molar-refractivity contribution in [3.05, 3.63) is 0 Å². The number of phosphoric acid groups is 2. The second kappa shape index (κ2) is 65.0. The maximum absolute atomic E-state index is 13.1. The van der Waals surface area contributed by atoms with Gasteiger partial charge in [0.05, 0.1) is 26.4 Å². The van der Waals surface area contributed by atoms with E-state index in [0.717, 1.165) is 108 Å². The van der Waals surface area contributed by atoms with E-state index in [9.17, 15) is 43.2 Å². The Kier molecular flexibility index (Phi) is 63.7. The summed E-state index contributed by atoms with van der Waals surface area (Å²) in [6, 6.07) is 0. The standard InChI is InChI=1S/C73H142O17P2/c1-7-10-12-14-16-18-20-29-32-36-43-49-55-70(75)83-61-68(89-73(78)58-52-46-38-34-30-26-24-22-21-23-25-28-31-35-41-47-53-65(4)5)63-87-91(79,80)85-59-67(74)60-86-92(81,82)88-64-69(62-84-71(76)56-50-44-40-39-42-48-54-66(6)9-3)90-72(77)57-51-45-37-33-27-19-17-15-13-11-8-2/h65-69,74H,7-64H2,1-6H3,(H,79,80)(H,81,82)/t66?,67-,68-,69-/m1/s1. The highest BCUT2D eigenvalue weighted by molar-refractivity contribution is 7.47. The fraction of sp³-hybridized carbons (Fsp3) is 0.945. The number of carbonyl (C=O) groups is 4. The quantitative estimate of drug-likeness (QED) is 0.0222. The minimum absolute atomic E-state index is 0.106. The van der Waals surface area contributed by atoms with Gasteiger partial charge in [0.2, 0.25) is 0 Å². The van der Waals surface area contributed by atoms with Gasteiger partial charge in [0.15, 0.2) is 12.2 Å². The summed E-state index contributed by atoms with van der Waals surface area (Å²) in [4.78, 5) is 72.6. The average molecular weight is 1350 g/mol. The van der Waals surface area contributed by atoms with Crippen LogP contribution in [0.4, 0.5) is 0 Å². The highest BCUT2D eigenvalue weighted by atomic mass is 31.2. The zero-order chi connectivity index (χ0) is 67.9. The summed E-state index contributed by atoms with van der Waals surface area (Å²) in [6.07, 6.45) is 51.3. The molecule has 0 radical (unpaired) electrons. The van der Waals surface area contributed by atoms with E-state index < -0.39 is 97.5 Å². The van der Waals surface area contributed by atoms with Gasteiger partial charge in [0.25, 0.3) is 0 Å². The molecular weight excluding hydrogens is 1210 g/mol. The Balaban J connectivity index is 5.21. The number of ether oxygens (including phenoxy) is 4. The van der Waals surface area contributed by atoms with Crippen molar-refractivity contribution in [2.45, 2.75) is 394 Å². The van der Waals surface area contributed by atoms with Gasteiger partial charge in [-0.25, -0.2) is 9.13 Å². The SMILES string of the molecule is CCCCCCCCCCCCCCC(=O)OC[C@H](COP(=O)(O)OC[C@@H](O)COP(=O)(O)OC[C@@H](COC(=O)CCCCCCCCC(C)CC)OC(=O)CCCCCCCCCCCCC)OC(=O)CCCCCCCCCCCCCCCCCCC(C)C. The van der Waals surface area contributed by atoms with E-state index >= 15 is 0 Å². The Bertz CT molecular complexity index is 1790. The molecule has 0 fully saturated rings. The molecular formula is C73H142O17P2. The van der Waals surface area contributed by atoms with Crippen LogP contribution in [0.15, 0.2) is 0 Å². The molecule has 0 aromatic carbocycles. The summed E-state index contributed by atoms with van der Waals surface area (Å²) in [6.45, 7) is 9.56. The first-order chi connectivity index (χ1) is 44.4. The van der Waals surface area contributed by atoms with Crippen molar-refractivity contribution in [2.24, 2.45) is 11.8 Å². The Hall–Kier alpha value is -1.94. The Morgan fingerprint density at radius 3 is 0.826 bits per heavy atom. The van der Waals surface area contributed by atoms with Gasteiger partial charge in [0, 0.05) is 25.7 Å². The first-order valence-corrected chi connectivity index (χ1v) is 41.0. The molecule has 0 saturated heterocycles. The number of esters is 4. The third-order valence-corrected chi connectivity index (χ3v) is 19.2. The fourth-order valence-corrected chi connectivity index (χ4v) is 12.7. The molecule has 17 nitrogen and oxygen atoms in total. The highest BCUT2D eigenvalue weighted by Gasteiger charge is 2.30. The first-order valence-electron chi connectivity index (χ1n) is 38.0. The maximum Gasteiger partial charge on any atom is 0.472 e. The van der Waals surface area contributed by atoms with Crippen LogP contribution in [0.25, 0.3) is 0 Å². The van der Waals surface area contributed by atoms with Gasteiger partial charge in [0.1, 0.15) is 19.3 Å². The summed E-state index contributed by atoms with van der Waals surface area (Å²) in [7, 11) is -9.90. The number of aliphatic hydroxyl groups excluding tert-OH is 1. The van der Waals surface area contributed by atoms with E-state index in [-0.39, 0.29) is 25.7 Å². The minimum Gasteiger partial charge on any atom is -0.462 e. The van der Waals surface area contributed by atoms with Crippen LogP contribution in [-0.2, 0) is 65.4 Å². The Morgan fingerprint density at radius 2 is 0.554 bits per heavy atom. The van der Waals surface area contributed by atoms with Gasteiger partial charge >= 0.3 is 39.5 Å². The van der Waals surface area contributed by atoms with Crippen molar-refractivity contribution < 1.29 is 80.2 Å². The Labute approximate surface area is 562 Å². The van der Waals surface area contributed by atoms with Gasteiger partial charge < -0.3 is 33.8 Å². The molecule has 92 heavy (non-hydrogen) atoms. The van der Waals surface area contributed by atoms with Gasteiger partial charge in [-0.05, 0) is 37.5 Å². The van der Waals surface area contributed by atoms with E-state index in [2.05, 4.69) is 41.5 Å². The molecule has 0 aliphatic carbocycles. The van der Waals surface area contributed by atoms with Gasteiger partial charge in [-0.2, -0.15) is 0 Å². The minimum atomic E-state index is -4.95. The van der Waals surface area contributed by atoms with E-state index in [0.29, 0.717) is 25.7 Å². The van der Waals surface area contributed by atoms with Crippen LogP contribution >= 0.6 is 15.6 Å². The van der Waals surface area contributed by atoms with Crippen molar-refractivity contribution in [3.63, 3.8) is 0 Å². The second-order valence-corrected chi connectivity index (χ2v) is 30.0. The maximum atomic E-state index is 13.1. The van der Waals surface area contributed by atoms with E-state index in [4.69, 9.17) is 37.0 Å². The normalized spacial score (nSPS) is 14.4. The zero-order valence-corrected chi connectivity index (χ0v) is 61.6. The van der Waals surface area contributed by atoms with Crippen LogP contribution in [0.2, 0.25) is 0 Å². The largest absolute Gasteiger partial charge is 0.472 e. The van der Waals surface area contributed by atoms with Gasteiger partial charge in [-0.1, -0.05) is 324 Å². The molecule has 0 saturated carbocycles. The van der Waals surface area contributed by atoms with Crippen molar-refractivity contribution >= 4 is 39.5 Å². The molecule has 0 rings (SSSR count). The lowest BCUT2D eigenvalue weighted by atomic mass is 10.00. The van der Waals surface area contributed by atoms with Crippen molar-refractivity contribution in [2.75, 3.05) is 39.6 Å². The van der Waals surface area contributed by atoms with Crippen molar-refractivity contribution in [1.82, 2.24) is 0 Å². The van der Waals surface area contributed by atoms with Gasteiger partial charge in [-0.15, -0.1) is 0 Å². The first kappa shape index (κ1) is 90.1. The molecule has 546 valence electrons. The lowest BCUT2D eigenvalue weighted by Crippen LogP contribution is -2.30. The predicted octanol–water partition coefficient (Wildman–Crippen LogP) is 21.2.